The van der Waals surface area contributed by atoms with Crippen molar-refractivity contribution in [3.8, 4) is 0 Å². The number of H-pyrrole nitrogens is 1. The number of hydrogen-bond acceptors (Lipinski definition) is 4. The summed E-state index contributed by atoms with van der Waals surface area (Å²) >= 11 is 0. The van der Waals surface area contributed by atoms with Gasteiger partial charge in [0.15, 0.2) is 0 Å². The van der Waals surface area contributed by atoms with Crippen LogP contribution in [0.15, 0.2) is 41.2 Å². The summed E-state index contributed by atoms with van der Waals surface area (Å²) in [5.74, 6) is -0.245. The first kappa shape index (κ1) is 19.9. The molecule has 6 nitrogen and oxygen atoms in total. The summed E-state index contributed by atoms with van der Waals surface area (Å²) in [4.78, 5) is 29.0. The lowest BCUT2D eigenvalue weighted by Crippen LogP contribution is -2.29. The molecule has 1 heterocycles. The summed E-state index contributed by atoms with van der Waals surface area (Å²) in [7, 11) is 0. The molecule has 2 aromatic rings. The molecule has 0 saturated heterocycles. The van der Waals surface area contributed by atoms with Gasteiger partial charge in [0.1, 0.15) is 0 Å². The van der Waals surface area contributed by atoms with Gasteiger partial charge in [-0.15, -0.1) is 0 Å². The average Bonchev–Trinajstić information content (AvgIpc) is 2.65. The molecule has 0 atom stereocenters. The molecule has 0 saturated carbocycles. The molecule has 26 heavy (non-hydrogen) atoms. The summed E-state index contributed by atoms with van der Waals surface area (Å²) in [5, 5.41) is 3.67. The van der Waals surface area contributed by atoms with E-state index in [2.05, 4.69) is 29.0 Å². The maximum absolute atomic E-state index is 12.0. The van der Waals surface area contributed by atoms with Crippen LogP contribution >= 0.6 is 0 Å². The molecule has 140 valence electrons. The van der Waals surface area contributed by atoms with Gasteiger partial charge in [-0.1, -0.05) is 32.0 Å². The minimum absolute atomic E-state index is 0.215. The molecule has 1 amide bonds. The van der Waals surface area contributed by atoms with E-state index < -0.39 is 0 Å². The second-order valence-corrected chi connectivity index (χ2v) is 5.90. The Morgan fingerprint density at radius 3 is 2.77 bits per heavy atom. The van der Waals surface area contributed by atoms with E-state index in [0.29, 0.717) is 25.3 Å². The second-order valence-electron chi connectivity index (χ2n) is 5.90. The van der Waals surface area contributed by atoms with Gasteiger partial charge in [-0.05, 0) is 36.7 Å². The first-order valence-corrected chi connectivity index (χ1v) is 9.02. The molecular formula is C20H27N3O3. The Labute approximate surface area is 153 Å². The van der Waals surface area contributed by atoms with E-state index in [-0.39, 0.29) is 11.5 Å². The van der Waals surface area contributed by atoms with Crippen LogP contribution in [0.5, 0.6) is 0 Å². The van der Waals surface area contributed by atoms with Gasteiger partial charge in [0.05, 0.1) is 13.2 Å². The number of nitrogens with one attached hydrogen (secondary N) is 2. The standard InChI is InChI=1S/C20H27N3O3/c1-3-23(4-2)12-14-26-13-11-21-19(24)10-9-17-15-16-7-5-6-8-18(16)22-20(17)25/h5-10,15H,3-4,11-14H2,1-2H3,(H,21,24)(H,22,25)/b10-9+. The predicted octanol–water partition coefficient (Wildman–Crippen LogP) is 2.02. The molecule has 0 aliphatic heterocycles. The van der Waals surface area contributed by atoms with E-state index in [0.717, 1.165) is 30.5 Å². The van der Waals surface area contributed by atoms with Crippen molar-refractivity contribution in [3.05, 3.63) is 52.3 Å². The van der Waals surface area contributed by atoms with Crippen LogP contribution < -0.4 is 10.9 Å². The van der Waals surface area contributed by atoms with Crippen LogP contribution in [0.2, 0.25) is 0 Å². The Morgan fingerprint density at radius 1 is 1.23 bits per heavy atom. The number of amides is 1. The molecule has 0 radical (unpaired) electrons. The summed E-state index contributed by atoms with van der Waals surface area (Å²) < 4.78 is 5.51. The highest BCUT2D eigenvalue weighted by molar-refractivity contribution is 5.92. The Hall–Kier alpha value is -2.44. The second kappa shape index (κ2) is 10.5. The lowest BCUT2D eigenvalue weighted by atomic mass is 10.1. The molecule has 0 spiro atoms. The van der Waals surface area contributed by atoms with Crippen molar-refractivity contribution in [1.82, 2.24) is 15.2 Å². The molecule has 0 bridgehead atoms. The number of para-hydroxylation sites is 1. The number of ether oxygens (including phenoxy) is 1. The molecule has 6 heteroatoms. The van der Waals surface area contributed by atoms with E-state index in [1.165, 1.54) is 12.2 Å². The zero-order chi connectivity index (χ0) is 18.8. The molecular weight excluding hydrogens is 330 g/mol. The Kier molecular flexibility index (Phi) is 8.05. The highest BCUT2D eigenvalue weighted by Gasteiger charge is 2.01. The minimum Gasteiger partial charge on any atom is -0.378 e. The Morgan fingerprint density at radius 2 is 2.00 bits per heavy atom. The molecule has 2 rings (SSSR count). The third kappa shape index (κ3) is 6.13. The predicted molar refractivity (Wildman–Crippen MR) is 105 cm³/mol. The number of fused-ring (bicyclic) bond motifs is 1. The van der Waals surface area contributed by atoms with Crippen LogP contribution in [-0.2, 0) is 9.53 Å². The van der Waals surface area contributed by atoms with Crippen molar-refractivity contribution < 1.29 is 9.53 Å². The summed E-state index contributed by atoms with van der Waals surface area (Å²) in [6.45, 7) is 8.72. The maximum atomic E-state index is 12.0. The molecule has 0 fully saturated rings. The van der Waals surface area contributed by atoms with Crippen molar-refractivity contribution >= 4 is 22.9 Å². The van der Waals surface area contributed by atoms with Crippen molar-refractivity contribution in [2.24, 2.45) is 0 Å². The average molecular weight is 357 g/mol. The number of carbonyl (C=O) groups is 1. The van der Waals surface area contributed by atoms with E-state index >= 15 is 0 Å². The lowest BCUT2D eigenvalue weighted by Gasteiger charge is -2.17. The highest BCUT2D eigenvalue weighted by Crippen LogP contribution is 2.10. The molecule has 1 aromatic heterocycles. The first-order chi connectivity index (χ1) is 12.6. The fourth-order valence-electron chi connectivity index (χ4n) is 2.59. The van der Waals surface area contributed by atoms with Gasteiger partial charge >= 0.3 is 0 Å². The van der Waals surface area contributed by atoms with Gasteiger partial charge in [0, 0.05) is 30.2 Å². The number of hydrogen-bond donors (Lipinski definition) is 2. The monoisotopic (exact) mass is 357 g/mol. The zero-order valence-corrected chi connectivity index (χ0v) is 15.5. The van der Waals surface area contributed by atoms with E-state index in [9.17, 15) is 9.59 Å². The van der Waals surface area contributed by atoms with Gasteiger partial charge in [0.25, 0.3) is 5.56 Å². The third-order valence-corrected chi connectivity index (χ3v) is 4.19. The smallest absolute Gasteiger partial charge is 0.255 e. The SMILES string of the molecule is CCN(CC)CCOCCNC(=O)/C=C/c1cc2ccccc2[nH]c1=O. The summed E-state index contributed by atoms with van der Waals surface area (Å²) in [6.07, 6.45) is 2.90. The molecule has 2 N–H and O–H groups in total. The van der Waals surface area contributed by atoms with Crippen LogP contribution in [0.1, 0.15) is 19.4 Å². The van der Waals surface area contributed by atoms with Gasteiger partial charge < -0.3 is 19.9 Å². The lowest BCUT2D eigenvalue weighted by molar-refractivity contribution is -0.116. The topological polar surface area (TPSA) is 74.4 Å². The van der Waals surface area contributed by atoms with Gasteiger partial charge in [-0.2, -0.15) is 0 Å². The number of rotatable bonds is 10. The van der Waals surface area contributed by atoms with Crippen molar-refractivity contribution in [3.63, 3.8) is 0 Å². The molecule has 1 aromatic carbocycles. The van der Waals surface area contributed by atoms with Crippen molar-refractivity contribution in [2.75, 3.05) is 39.4 Å². The van der Waals surface area contributed by atoms with Gasteiger partial charge in [0.2, 0.25) is 5.91 Å². The van der Waals surface area contributed by atoms with E-state index in [4.69, 9.17) is 4.74 Å². The van der Waals surface area contributed by atoms with Crippen LogP contribution in [0.4, 0.5) is 0 Å². The van der Waals surface area contributed by atoms with Gasteiger partial charge in [-0.25, -0.2) is 0 Å². The Bertz CT molecular complexity index is 794. The summed E-state index contributed by atoms with van der Waals surface area (Å²) in [6, 6.07) is 9.30. The quantitative estimate of drug-likeness (QED) is 0.504. The number of likely N-dealkylation sites (N-methyl/N-ethyl adjacent to an activating group) is 1. The number of benzene rings is 1. The molecule has 0 unspecified atom stereocenters. The Balaban J connectivity index is 1.76. The maximum Gasteiger partial charge on any atom is 0.255 e. The largest absolute Gasteiger partial charge is 0.378 e. The number of nitrogens with zero attached hydrogens (tertiary/aromatic N) is 1. The fraction of sp³-hybridized carbons (Fsp3) is 0.400. The number of aromatic nitrogens is 1. The van der Waals surface area contributed by atoms with Crippen LogP contribution in [0.3, 0.4) is 0 Å². The number of carbonyl (C=O) groups excluding carboxylic acids is 1. The number of pyridine rings is 1. The minimum atomic E-state index is -0.245. The molecule has 0 aliphatic rings. The summed E-state index contributed by atoms with van der Waals surface area (Å²) in [5.41, 5.74) is 1.02. The van der Waals surface area contributed by atoms with E-state index in [1.807, 2.05) is 24.3 Å². The van der Waals surface area contributed by atoms with Crippen molar-refractivity contribution in [1.29, 1.82) is 0 Å². The van der Waals surface area contributed by atoms with Crippen LogP contribution in [0, 0.1) is 0 Å². The molecule has 0 aliphatic carbocycles. The normalized spacial score (nSPS) is 11.5. The van der Waals surface area contributed by atoms with E-state index in [1.54, 1.807) is 6.07 Å². The third-order valence-electron chi connectivity index (χ3n) is 4.19. The van der Waals surface area contributed by atoms with Crippen molar-refractivity contribution in [2.45, 2.75) is 13.8 Å². The highest BCUT2D eigenvalue weighted by atomic mass is 16.5. The zero-order valence-electron chi connectivity index (χ0n) is 15.5. The van der Waals surface area contributed by atoms with Crippen LogP contribution in [0.25, 0.3) is 17.0 Å². The fourth-order valence-corrected chi connectivity index (χ4v) is 2.59. The number of aromatic amines is 1. The first-order valence-electron chi connectivity index (χ1n) is 9.02. The van der Waals surface area contributed by atoms with Crippen LogP contribution in [-0.4, -0.2) is 55.2 Å². The van der Waals surface area contributed by atoms with Gasteiger partial charge in [-0.3, -0.25) is 9.59 Å².